The molecule has 0 bridgehead atoms. The Bertz CT molecular complexity index is 697. The Morgan fingerprint density at radius 2 is 1.75 bits per heavy atom. The summed E-state index contributed by atoms with van der Waals surface area (Å²) in [6, 6.07) is 9.13. The van der Waals surface area contributed by atoms with Crippen LogP contribution in [-0.2, 0) is 0 Å². The Kier molecular flexibility index (Phi) is 5.73. The van der Waals surface area contributed by atoms with Crippen LogP contribution in [0, 0.1) is 6.92 Å². The summed E-state index contributed by atoms with van der Waals surface area (Å²) in [5, 5.41) is 6.02. The normalized spacial score (nSPS) is 10.8. The maximum absolute atomic E-state index is 12.4. The lowest BCUT2D eigenvalue weighted by Gasteiger charge is -2.12. The van der Waals surface area contributed by atoms with Crippen LogP contribution in [-0.4, -0.2) is 28.0 Å². The van der Waals surface area contributed by atoms with E-state index in [0.717, 1.165) is 5.75 Å². The number of benzene rings is 1. The SMILES string of the molecule is Cc1nc(NC(C)C)cc(C(=O)Nc2ccc(OC(C)C)cc2)n1. The largest absolute Gasteiger partial charge is 0.491 e. The number of hydrogen-bond donors (Lipinski definition) is 2. The molecule has 0 saturated heterocycles. The average molecular weight is 328 g/mol. The molecule has 6 nitrogen and oxygen atoms in total. The van der Waals surface area contributed by atoms with Crippen LogP contribution in [0.25, 0.3) is 0 Å². The fraction of sp³-hybridized carbons (Fsp3) is 0.389. The number of carbonyl (C=O) groups excluding carboxylic acids is 1. The Morgan fingerprint density at radius 1 is 1.08 bits per heavy atom. The molecule has 0 unspecified atom stereocenters. The molecule has 0 aliphatic heterocycles. The first-order chi connectivity index (χ1) is 11.3. The molecule has 0 fully saturated rings. The molecule has 128 valence electrons. The van der Waals surface area contributed by atoms with E-state index in [0.29, 0.717) is 23.0 Å². The van der Waals surface area contributed by atoms with Gasteiger partial charge in [-0.1, -0.05) is 0 Å². The minimum Gasteiger partial charge on any atom is -0.491 e. The minimum absolute atomic E-state index is 0.112. The van der Waals surface area contributed by atoms with E-state index in [4.69, 9.17) is 4.74 Å². The molecule has 0 aliphatic carbocycles. The van der Waals surface area contributed by atoms with Crippen LogP contribution in [0.3, 0.4) is 0 Å². The molecule has 0 spiro atoms. The standard InChI is InChI=1S/C18H24N4O2/c1-11(2)19-17-10-16(20-13(5)21-17)18(23)22-14-6-8-15(9-7-14)24-12(3)4/h6-12H,1-5H3,(H,22,23)(H,19,20,21). The number of ether oxygens (including phenoxy) is 1. The molecule has 24 heavy (non-hydrogen) atoms. The molecule has 1 amide bonds. The number of carbonyl (C=O) groups is 1. The van der Waals surface area contributed by atoms with Crippen molar-refractivity contribution in [3.63, 3.8) is 0 Å². The van der Waals surface area contributed by atoms with Gasteiger partial charge in [0.15, 0.2) is 0 Å². The molecule has 2 aromatic rings. The zero-order valence-corrected chi connectivity index (χ0v) is 14.8. The van der Waals surface area contributed by atoms with E-state index in [-0.39, 0.29) is 18.1 Å². The predicted molar refractivity (Wildman–Crippen MR) is 95.7 cm³/mol. The first-order valence-electron chi connectivity index (χ1n) is 8.04. The molecular weight excluding hydrogens is 304 g/mol. The summed E-state index contributed by atoms with van der Waals surface area (Å²) in [5.74, 6) is 1.68. The second-order valence-corrected chi connectivity index (χ2v) is 6.13. The smallest absolute Gasteiger partial charge is 0.274 e. The van der Waals surface area contributed by atoms with Gasteiger partial charge in [0, 0.05) is 17.8 Å². The number of anilines is 2. The van der Waals surface area contributed by atoms with Crippen molar-refractivity contribution in [2.45, 2.75) is 46.8 Å². The van der Waals surface area contributed by atoms with Gasteiger partial charge >= 0.3 is 0 Å². The predicted octanol–water partition coefficient (Wildman–Crippen LogP) is 3.64. The van der Waals surface area contributed by atoms with Gasteiger partial charge in [0.05, 0.1) is 6.10 Å². The van der Waals surface area contributed by atoms with Gasteiger partial charge in [0.2, 0.25) is 0 Å². The summed E-state index contributed by atoms with van der Waals surface area (Å²) in [5.41, 5.74) is 1.01. The van der Waals surface area contributed by atoms with E-state index in [9.17, 15) is 4.79 Å². The quantitative estimate of drug-likeness (QED) is 0.846. The Labute approximate surface area is 142 Å². The zero-order valence-electron chi connectivity index (χ0n) is 14.8. The maximum Gasteiger partial charge on any atom is 0.274 e. The number of nitrogens with one attached hydrogen (secondary N) is 2. The molecule has 6 heteroatoms. The van der Waals surface area contributed by atoms with Crippen molar-refractivity contribution in [3.8, 4) is 5.75 Å². The van der Waals surface area contributed by atoms with Crippen LogP contribution in [0.15, 0.2) is 30.3 Å². The molecule has 0 atom stereocenters. The van der Waals surface area contributed by atoms with E-state index in [1.807, 2.05) is 39.8 Å². The summed E-state index contributed by atoms with van der Waals surface area (Å²) in [4.78, 5) is 20.9. The third-order valence-electron chi connectivity index (χ3n) is 2.99. The van der Waals surface area contributed by atoms with Gasteiger partial charge in [-0.05, 0) is 58.9 Å². The number of amides is 1. The molecule has 2 N–H and O–H groups in total. The lowest BCUT2D eigenvalue weighted by molar-refractivity contribution is 0.102. The summed E-state index contributed by atoms with van der Waals surface area (Å²) in [6.45, 7) is 9.72. The molecule has 2 rings (SSSR count). The highest BCUT2D eigenvalue weighted by Crippen LogP contribution is 2.18. The highest BCUT2D eigenvalue weighted by atomic mass is 16.5. The first kappa shape index (κ1) is 17.7. The van der Waals surface area contributed by atoms with Gasteiger partial charge in [0.25, 0.3) is 5.91 Å². The second kappa shape index (κ2) is 7.77. The number of nitrogens with zero attached hydrogens (tertiary/aromatic N) is 2. The van der Waals surface area contributed by atoms with E-state index < -0.39 is 0 Å². The summed E-state index contributed by atoms with van der Waals surface area (Å²) < 4.78 is 5.59. The van der Waals surface area contributed by atoms with Crippen molar-refractivity contribution in [3.05, 3.63) is 41.9 Å². The van der Waals surface area contributed by atoms with Crippen molar-refractivity contribution in [1.82, 2.24) is 9.97 Å². The highest BCUT2D eigenvalue weighted by molar-refractivity contribution is 6.03. The Hall–Kier alpha value is -2.63. The average Bonchev–Trinajstić information content (AvgIpc) is 2.47. The van der Waals surface area contributed by atoms with Crippen molar-refractivity contribution in [1.29, 1.82) is 0 Å². The molecule has 0 aliphatic rings. The zero-order chi connectivity index (χ0) is 17.7. The van der Waals surface area contributed by atoms with Gasteiger partial charge in [-0.2, -0.15) is 0 Å². The van der Waals surface area contributed by atoms with E-state index in [2.05, 4.69) is 20.6 Å². The first-order valence-corrected chi connectivity index (χ1v) is 8.04. The number of hydrogen-bond acceptors (Lipinski definition) is 5. The van der Waals surface area contributed by atoms with Crippen molar-refractivity contribution >= 4 is 17.4 Å². The summed E-state index contributed by atoms with van der Waals surface area (Å²) in [7, 11) is 0. The molecule has 0 saturated carbocycles. The number of aromatic nitrogens is 2. The topological polar surface area (TPSA) is 76.1 Å². The van der Waals surface area contributed by atoms with Gasteiger partial charge < -0.3 is 15.4 Å². The van der Waals surface area contributed by atoms with Gasteiger partial charge in [-0.3, -0.25) is 4.79 Å². The summed E-state index contributed by atoms with van der Waals surface area (Å²) in [6.07, 6.45) is 0.112. The molecule has 0 radical (unpaired) electrons. The highest BCUT2D eigenvalue weighted by Gasteiger charge is 2.11. The van der Waals surface area contributed by atoms with Crippen LogP contribution < -0.4 is 15.4 Å². The Morgan fingerprint density at radius 3 is 2.33 bits per heavy atom. The fourth-order valence-electron chi connectivity index (χ4n) is 2.14. The fourth-order valence-corrected chi connectivity index (χ4v) is 2.14. The maximum atomic E-state index is 12.4. The van der Waals surface area contributed by atoms with E-state index in [1.54, 1.807) is 25.1 Å². The van der Waals surface area contributed by atoms with Crippen molar-refractivity contribution in [2.24, 2.45) is 0 Å². The minimum atomic E-state index is -0.273. The van der Waals surface area contributed by atoms with Crippen LogP contribution in [0.2, 0.25) is 0 Å². The number of rotatable bonds is 6. The van der Waals surface area contributed by atoms with Gasteiger partial charge in [-0.15, -0.1) is 0 Å². The third kappa shape index (κ3) is 5.22. The lowest BCUT2D eigenvalue weighted by atomic mass is 10.2. The van der Waals surface area contributed by atoms with E-state index in [1.165, 1.54) is 0 Å². The second-order valence-electron chi connectivity index (χ2n) is 6.13. The summed E-state index contributed by atoms with van der Waals surface area (Å²) >= 11 is 0. The molecule has 1 heterocycles. The molecular formula is C18H24N4O2. The molecule has 1 aromatic carbocycles. The lowest BCUT2D eigenvalue weighted by Crippen LogP contribution is -2.17. The monoisotopic (exact) mass is 328 g/mol. The third-order valence-corrected chi connectivity index (χ3v) is 2.99. The molecule has 1 aromatic heterocycles. The van der Waals surface area contributed by atoms with Crippen LogP contribution in [0.4, 0.5) is 11.5 Å². The Balaban J connectivity index is 2.10. The van der Waals surface area contributed by atoms with Gasteiger partial charge in [-0.25, -0.2) is 9.97 Å². The van der Waals surface area contributed by atoms with Crippen LogP contribution >= 0.6 is 0 Å². The number of aryl methyl sites for hydroxylation is 1. The van der Waals surface area contributed by atoms with Gasteiger partial charge in [0.1, 0.15) is 23.1 Å². The van der Waals surface area contributed by atoms with Crippen LogP contribution in [0.1, 0.15) is 44.0 Å². The van der Waals surface area contributed by atoms with Crippen LogP contribution in [0.5, 0.6) is 5.75 Å². The van der Waals surface area contributed by atoms with E-state index >= 15 is 0 Å². The van der Waals surface area contributed by atoms with Crippen molar-refractivity contribution < 1.29 is 9.53 Å². The van der Waals surface area contributed by atoms with Crippen molar-refractivity contribution in [2.75, 3.05) is 10.6 Å².